The summed E-state index contributed by atoms with van der Waals surface area (Å²) in [7, 11) is 0. The summed E-state index contributed by atoms with van der Waals surface area (Å²) >= 11 is 0. The average molecular weight is 354 g/mol. The Balaban J connectivity index is 1.78. The van der Waals surface area contributed by atoms with Crippen molar-refractivity contribution in [2.75, 3.05) is 0 Å². The lowest BCUT2D eigenvalue weighted by Gasteiger charge is -2.26. The first kappa shape index (κ1) is 18.8. The van der Waals surface area contributed by atoms with Gasteiger partial charge in [0.15, 0.2) is 0 Å². The Bertz CT molecular complexity index is 768. The molecule has 0 nitrogen and oxygen atoms in total. The maximum Gasteiger partial charge on any atom is 0.131 e. The van der Waals surface area contributed by atoms with E-state index in [2.05, 4.69) is 13.0 Å². The predicted molar refractivity (Wildman–Crippen MR) is 105 cm³/mol. The highest BCUT2D eigenvalue weighted by atomic mass is 19.1. The van der Waals surface area contributed by atoms with Gasteiger partial charge in [0.25, 0.3) is 0 Å². The third-order valence-corrected chi connectivity index (χ3v) is 5.64. The summed E-state index contributed by atoms with van der Waals surface area (Å²) in [5.41, 5.74) is 2.86. The van der Waals surface area contributed by atoms with Crippen molar-refractivity contribution in [3.8, 4) is 11.1 Å². The van der Waals surface area contributed by atoms with Crippen LogP contribution in [-0.2, 0) is 6.42 Å². The monoisotopic (exact) mass is 354 g/mol. The summed E-state index contributed by atoms with van der Waals surface area (Å²) in [6.45, 7) is 4.25. The van der Waals surface area contributed by atoms with Crippen LogP contribution in [0, 0.1) is 17.6 Å². The van der Waals surface area contributed by atoms with E-state index < -0.39 is 0 Å². The number of hydrogen-bond acceptors (Lipinski definition) is 0. The van der Waals surface area contributed by atoms with Crippen LogP contribution in [0.25, 0.3) is 11.1 Å². The molecule has 0 amide bonds. The van der Waals surface area contributed by atoms with Crippen LogP contribution in [0.4, 0.5) is 8.78 Å². The molecular weight excluding hydrogens is 326 g/mol. The smallest absolute Gasteiger partial charge is 0.131 e. The fraction of sp³-hybridized carbons (Fsp3) is 0.417. The molecule has 2 aromatic carbocycles. The SMILES string of the molecule is C/C=C/CCc1ccc(-c2ccc(C3CCC(C)CC3)c(F)c2)c(F)c1. The molecule has 0 saturated heterocycles. The average Bonchev–Trinajstić information content (AvgIpc) is 2.63. The van der Waals surface area contributed by atoms with Crippen molar-refractivity contribution in [2.24, 2.45) is 5.92 Å². The number of aryl methyl sites for hydroxylation is 1. The van der Waals surface area contributed by atoms with Crippen molar-refractivity contribution >= 4 is 0 Å². The molecule has 1 saturated carbocycles. The van der Waals surface area contributed by atoms with Crippen LogP contribution < -0.4 is 0 Å². The molecule has 3 rings (SSSR count). The maximum absolute atomic E-state index is 14.7. The van der Waals surface area contributed by atoms with Crippen LogP contribution in [-0.4, -0.2) is 0 Å². The van der Waals surface area contributed by atoms with Crippen molar-refractivity contribution < 1.29 is 8.78 Å². The Morgan fingerprint density at radius 3 is 2.38 bits per heavy atom. The second-order valence-electron chi connectivity index (χ2n) is 7.61. The first-order valence-electron chi connectivity index (χ1n) is 9.78. The van der Waals surface area contributed by atoms with E-state index in [1.165, 1.54) is 6.07 Å². The quantitative estimate of drug-likeness (QED) is 0.490. The molecule has 2 heteroatoms. The van der Waals surface area contributed by atoms with Gasteiger partial charge in [-0.3, -0.25) is 0 Å². The van der Waals surface area contributed by atoms with E-state index >= 15 is 0 Å². The molecule has 2 aromatic rings. The van der Waals surface area contributed by atoms with Crippen molar-refractivity contribution in [2.45, 2.75) is 58.3 Å². The van der Waals surface area contributed by atoms with Gasteiger partial charge in [0.05, 0.1) is 0 Å². The highest BCUT2D eigenvalue weighted by Gasteiger charge is 2.22. The van der Waals surface area contributed by atoms with Gasteiger partial charge in [-0.2, -0.15) is 0 Å². The molecule has 1 aliphatic carbocycles. The molecule has 0 aromatic heterocycles. The van der Waals surface area contributed by atoms with Gasteiger partial charge in [0, 0.05) is 5.56 Å². The van der Waals surface area contributed by atoms with E-state index in [1.54, 1.807) is 12.1 Å². The predicted octanol–water partition coefficient (Wildman–Crippen LogP) is 7.43. The Kier molecular flexibility index (Phi) is 6.24. The van der Waals surface area contributed by atoms with Crippen molar-refractivity contribution in [1.29, 1.82) is 0 Å². The van der Waals surface area contributed by atoms with Crippen molar-refractivity contribution in [3.63, 3.8) is 0 Å². The zero-order valence-electron chi connectivity index (χ0n) is 15.8. The van der Waals surface area contributed by atoms with Crippen LogP contribution in [0.5, 0.6) is 0 Å². The van der Waals surface area contributed by atoms with E-state index in [1.807, 2.05) is 31.2 Å². The molecule has 0 spiro atoms. The number of rotatable bonds is 5. The molecule has 0 bridgehead atoms. The fourth-order valence-electron chi connectivity index (χ4n) is 3.96. The van der Waals surface area contributed by atoms with E-state index in [0.29, 0.717) is 17.0 Å². The molecule has 1 fully saturated rings. The standard InChI is InChI=1S/C24H28F2/c1-3-4-5-6-18-9-13-22(23(25)15-18)20-12-14-21(24(26)16-20)19-10-7-17(2)8-11-19/h3-4,9,12-17,19H,5-8,10-11H2,1-2H3/b4-3+. The van der Waals surface area contributed by atoms with Crippen molar-refractivity contribution in [1.82, 2.24) is 0 Å². The molecule has 0 N–H and O–H groups in total. The summed E-state index contributed by atoms with van der Waals surface area (Å²) in [5, 5.41) is 0. The molecule has 0 aliphatic heterocycles. The largest absolute Gasteiger partial charge is 0.207 e. The lowest BCUT2D eigenvalue weighted by atomic mass is 9.79. The van der Waals surface area contributed by atoms with Gasteiger partial charge >= 0.3 is 0 Å². The van der Waals surface area contributed by atoms with Gasteiger partial charge in [-0.1, -0.05) is 56.2 Å². The number of hydrogen-bond donors (Lipinski definition) is 0. The van der Waals surface area contributed by atoms with Crippen LogP contribution in [0.2, 0.25) is 0 Å². The molecule has 0 unspecified atom stereocenters. The second-order valence-corrected chi connectivity index (χ2v) is 7.61. The summed E-state index contributed by atoms with van der Waals surface area (Å²) < 4.78 is 29.2. The molecule has 0 heterocycles. The zero-order valence-corrected chi connectivity index (χ0v) is 15.8. The van der Waals surface area contributed by atoms with Gasteiger partial charge in [-0.15, -0.1) is 0 Å². The second kappa shape index (κ2) is 8.62. The normalized spacial score (nSPS) is 20.6. The van der Waals surface area contributed by atoms with Gasteiger partial charge < -0.3 is 0 Å². The Hall–Kier alpha value is -1.96. The molecule has 0 atom stereocenters. The third-order valence-electron chi connectivity index (χ3n) is 5.64. The Morgan fingerprint density at radius 2 is 1.73 bits per heavy atom. The fourth-order valence-corrected chi connectivity index (χ4v) is 3.96. The van der Waals surface area contributed by atoms with E-state index in [9.17, 15) is 8.78 Å². The minimum Gasteiger partial charge on any atom is -0.207 e. The van der Waals surface area contributed by atoms with E-state index in [4.69, 9.17) is 0 Å². The number of halogens is 2. The number of benzene rings is 2. The zero-order chi connectivity index (χ0) is 18.5. The minimum atomic E-state index is -0.276. The molecule has 138 valence electrons. The Labute approximate surface area is 156 Å². The summed E-state index contributed by atoms with van der Waals surface area (Å²) in [6, 6.07) is 10.5. The molecule has 0 radical (unpaired) electrons. The first-order chi connectivity index (χ1) is 12.6. The van der Waals surface area contributed by atoms with Gasteiger partial charge in [0.2, 0.25) is 0 Å². The molecule has 1 aliphatic rings. The highest BCUT2D eigenvalue weighted by molar-refractivity contribution is 5.65. The van der Waals surface area contributed by atoms with E-state index in [0.717, 1.165) is 55.6 Å². The van der Waals surface area contributed by atoms with Gasteiger partial charge in [-0.25, -0.2) is 8.78 Å². The molecular formula is C24H28F2. The van der Waals surface area contributed by atoms with Gasteiger partial charge in [0.1, 0.15) is 11.6 Å². The van der Waals surface area contributed by atoms with Crippen LogP contribution in [0.1, 0.15) is 63.0 Å². The van der Waals surface area contributed by atoms with Crippen LogP contribution in [0.3, 0.4) is 0 Å². The first-order valence-corrected chi connectivity index (χ1v) is 9.78. The summed E-state index contributed by atoms with van der Waals surface area (Å²) in [6.07, 6.45) is 10.2. The summed E-state index contributed by atoms with van der Waals surface area (Å²) in [4.78, 5) is 0. The van der Waals surface area contributed by atoms with Crippen molar-refractivity contribution in [3.05, 3.63) is 71.3 Å². The lowest BCUT2D eigenvalue weighted by Crippen LogP contribution is -2.12. The molecule has 26 heavy (non-hydrogen) atoms. The minimum absolute atomic E-state index is 0.196. The van der Waals surface area contributed by atoms with E-state index in [-0.39, 0.29) is 11.6 Å². The van der Waals surface area contributed by atoms with Crippen LogP contribution in [0.15, 0.2) is 48.6 Å². The van der Waals surface area contributed by atoms with Gasteiger partial charge in [-0.05, 0) is 73.3 Å². The highest BCUT2D eigenvalue weighted by Crippen LogP contribution is 2.37. The van der Waals surface area contributed by atoms with Crippen LogP contribution >= 0.6 is 0 Å². The topological polar surface area (TPSA) is 0 Å². The number of allylic oxidation sites excluding steroid dienone is 2. The maximum atomic E-state index is 14.7. The lowest BCUT2D eigenvalue weighted by molar-refractivity contribution is 0.342. The third kappa shape index (κ3) is 4.41. The summed E-state index contributed by atoms with van der Waals surface area (Å²) in [5.74, 6) is 0.577. The Morgan fingerprint density at radius 1 is 0.962 bits per heavy atom.